The summed E-state index contributed by atoms with van der Waals surface area (Å²) in [6, 6.07) is 19.0. The molecule has 24 nitrogen and oxygen atoms in total. The van der Waals surface area contributed by atoms with E-state index in [1.54, 1.807) is 42.5 Å². The zero-order chi connectivity index (χ0) is 70.9. The number of hydrogen-bond acceptors (Lipinski definition) is 16. The summed E-state index contributed by atoms with van der Waals surface area (Å²) in [6.07, 6.45) is 1.33. The van der Waals surface area contributed by atoms with E-state index >= 15 is 22.8 Å². The van der Waals surface area contributed by atoms with Crippen LogP contribution in [-0.4, -0.2) is 126 Å². The lowest BCUT2D eigenvalue weighted by Gasteiger charge is -2.37. The molecule has 0 saturated heterocycles. The Balaban J connectivity index is 0.874. The largest absolute Gasteiger partial charge is 0.447 e. The van der Waals surface area contributed by atoms with Crippen LogP contribution in [0.1, 0.15) is 133 Å². The number of benzene rings is 4. The summed E-state index contributed by atoms with van der Waals surface area (Å²) < 4.78 is 112. The molecule has 4 aromatic heterocycles. The first-order valence-electron chi connectivity index (χ1n) is 31.3. The molecule has 8 N–H and O–H groups in total. The fraction of sp³-hybridized carbons (Fsp3) is 0.394. The summed E-state index contributed by atoms with van der Waals surface area (Å²) in [5.41, 5.74) is 7.82. The maximum atomic E-state index is 16.0. The Labute approximate surface area is 571 Å². The lowest BCUT2D eigenvalue weighted by atomic mass is 9.72. The van der Waals surface area contributed by atoms with Gasteiger partial charge in [-0.2, -0.15) is 51.1 Å². The second-order valence-electron chi connectivity index (χ2n) is 27.2. The number of nitrogens with zero attached hydrogens (tertiary/aromatic N) is 12. The molecular weight excluding hydrogens is 1340 g/mol. The van der Waals surface area contributed by atoms with E-state index < -0.39 is 114 Å². The van der Waals surface area contributed by atoms with Gasteiger partial charge in [-0.05, 0) is 115 Å². The molecule has 12 rings (SSSR count). The summed E-state index contributed by atoms with van der Waals surface area (Å²) in [6.45, 7) is 2.33. The average molecular weight is 1410 g/mol. The van der Waals surface area contributed by atoms with Crippen LogP contribution in [0.25, 0.3) is 45.0 Å². The number of aliphatic imine (C=N–C) groups is 2. The lowest BCUT2D eigenvalue weighted by molar-refractivity contribution is -0.218. The van der Waals surface area contributed by atoms with Gasteiger partial charge in [-0.1, -0.05) is 112 Å². The number of halogens is 9. The first-order valence-corrected chi connectivity index (χ1v) is 32.0. The Bertz CT molecular complexity index is 4460. The smallest absolute Gasteiger partial charge is 0.407 e. The molecule has 520 valence electrons. The van der Waals surface area contributed by atoms with Crippen molar-refractivity contribution in [3.8, 4) is 45.0 Å². The highest BCUT2D eigenvalue weighted by Gasteiger charge is 2.60. The third-order valence-electron chi connectivity index (χ3n) is 18.5. The predicted molar refractivity (Wildman–Crippen MR) is 348 cm³/mol. The monoisotopic (exact) mass is 1410 g/mol. The van der Waals surface area contributed by atoms with Crippen molar-refractivity contribution in [2.45, 2.75) is 140 Å². The second-order valence-corrected chi connectivity index (χ2v) is 28.0. The Morgan fingerprint density at radius 2 is 1.10 bits per heavy atom. The highest BCUT2D eigenvalue weighted by atomic mass is 35.5. The van der Waals surface area contributed by atoms with Gasteiger partial charge >= 0.3 is 31.5 Å². The van der Waals surface area contributed by atoms with E-state index in [1.807, 2.05) is 27.7 Å². The number of nitrogens with one attached hydrogen (secondary N) is 4. The van der Waals surface area contributed by atoms with Crippen LogP contribution in [0.2, 0.25) is 10.0 Å². The number of amides is 4. The Kier molecular flexibility index (Phi) is 17.9. The van der Waals surface area contributed by atoms with Crippen molar-refractivity contribution in [1.29, 1.82) is 0 Å². The van der Waals surface area contributed by atoms with Gasteiger partial charge in [0.2, 0.25) is 0 Å². The highest BCUT2D eigenvalue weighted by Crippen LogP contribution is 2.52. The van der Waals surface area contributed by atoms with Crippen molar-refractivity contribution < 1.29 is 59.4 Å². The molecule has 0 radical (unpaired) electrons. The number of nitrogens with two attached hydrogens (primary N) is 2. The summed E-state index contributed by atoms with van der Waals surface area (Å²) in [5.74, 6) is -1.83. The summed E-state index contributed by atoms with van der Waals surface area (Å²) >= 11 is 13.7. The van der Waals surface area contributed by atoms with Crippen LogP contribution in [-0.2, 0) is 36.6 Å². The van der Waals surface area contributed by atoms with Crippen LogP contribution in [0.5, 0.6) is 0 Å². The van der Waals surface area contributed by atoms with Crippen LogP contribution < -0.4 is 22.1 Å². The van der Waals surface area contributed by atoms with Crippen LogP contribution in [0.15, 0.2) is 126 Å². The zero-order valence-corrected chi connectivity index (χ0v) is 55.5. The molecule has 2 saturated carbocycles. The fourth-order valence-corrected chi connectivity index (χ4v) is 12.9. The van der Waals surface area contributed by atoms with E-state index in [4.69, 9.17) is 54.1 Å². The van der Waals surface area contributed by atoms with Crippen molar-refractivity contribution in [3.05, 3.63) is 154 Å². The standard InChI is InChI=1S/C66H67Cl2F7N18O6/c1-60(2,32-64(41-13-7-35(8-14-41)39-26-80-90(28-39)54(69)70)52(94)92(56(76)83-64)47(30-98-58(96)85-62(5)19-20-62)37-11-17-45(67)43(23-37)50-78-34-79-88-50)25-49-82-51(89-87-49)44-24-38(12-18-46(44)68)48(31-99-59(97)86-63(6)21-22-63)93-53(95)65(84-57(93)77,33-61(3,4)66(73,74)75)42-15-9-36(10-16-42)40-27-81-91(29-40)55(71)72/h7-18,23-24,26-29,34,47-48,54-55H,19-22,25,30-33H2,1-6H3,(H2,76,83)(H2,77,84)(H,85,96)(H,86,97)(H,78,79,88)(H,82,87,89)/t47-,48-,64-,65-/m1/s1. The molecule has 99 heavy (non-hydrogen) atoms. The highest BCUT2D eigenvalue weighted by molar-refractivity contribution is 6.33. The van der Waals surface area contributed by atoms with Gasteiger partial charge in [0.25, 0.3) is 11.8 Å². The zero-order valence-electron chi connectivity index (χ0n) is 54.0. The van der Waals surface area contributed by atoms with Gasteiger partial charge in [0.05, 0.1) is 39.9 Å². The number of hydrogen-bond donors (Lipinski definition) is 6. The molecule has 2 aliphatic heterocycles. The van der Waals surface area contributed by atoms with E-state index in [9.17, 15) is 27.2 Å². The molecule has 0 unspecified atom stereocenters. The number of carbonyl (C=O) groups is 4. The number of carbonyl (C=O) groups excluding carboxylic acids is 4. The Hall–Kier alpha value is -9.91. The number of aromatic amines is 2. The topological polar surface area (TPSA) is 313 Å². The van der Waals surface area contributed by atoms with E-state index in [2.05, 4.69) is 51.2 Å². The number of H-pyrrole nitrogens is 2. The van der Waals surface area contributed by atoms with Crippen molar-refractivity contribution in [2.75, 3.05) is 13.2 Å². The number of guanidine groups is 2. The maximum absolute atomic E-state index is 16.0. The number of alkyl carbamates (subject to hydrolysis) is 2. The molecular formula is C66H67Cl2F7N18O6. The Morgan fingerprint density at radius 1 is 0.646 bits per heavy atom. The average Bonchev–Trinajstić information content (AvgIpc) is 1.61. The molecule has 33 heteroatoms. The molecule has 2 fully saturated rings. The van der Waals surface area contributed by atoms with Crippen LogP contribution in [0.3, 0.4) is 0 Å². The second kappa shape index (κ2) is 25.7. The predicted octanol–water partition coefficient (Wildman–Crippen LogP) is 12.5. The molecule has 8 aromatic rings. The minimum atomic E-state index is -4.88. The van der Waals surface area contributed by atoms with E-state index in [0.717, 1.165) is 37.8 Å². The van der Waals surface area contributed by atoms with Gasteiger partial charge in [0, 0.05) is 52.1 Å². The molecule has 4 aliphatic rings. The minimum absolute atomic E-state index is 0.0163. The van der Waals surface area contributed by atoms with Crippen molar-refractivity contribution in [2.24, 2.45) is 32.3 Å². The third kappa shape index (κ3) is 14.0. The van der Waals surface area contributed by atoms with E-state index in [0.29, 0.717) is 61.4 Å². The van der Waals surface area contributed by atoms with Gasteiger partial charge in [0.15, 0.2) is 34.6 Å². The summed E-state index contributed by atoms with van der Waals surface area (Å²) in [7, 11) is 0. The summed E-state index contributed by atoms with van der Waals surface area (Å²) in [4.78, 5) is 79.4. The van der Waals surface area contributed by atoms with E-state index in [1.165, 1.54) is 72.3 Å². The van der Waals surface area contributed by atoms with Gasteiger partial charge < -0.3 is 31.6 Å². The normalized spacial score (nSPS) is 19.5. The van der Waals surface area contributed by atoms with Crippen LogP contribution in [0.4, 0.5) is 40.3 Å². The number of ether oxygens (including phenoxy) is 2. The molecule has 4 amide bonds. The first-order chi connectivity index (χ1) is 46.7. The number of rotatable bonds is 24. The van der Waals surface area contributed by atoms with Gasteiger partial charge in [-0.15, -0.1) is 0 Å². The number of aromatic nitrogens is 10. The first kappa shape index (κ1) is 69.0. The van der Waals surface area contributed by atoms with Gasteiger partial charge in [-0.3, -0.25) is 29.6 Å². The van der Waals surface area contributed by atoms with Crippen molar-refractivity contribution in [3.63, 3.8) is 0 Å². The van der Waals surface area contributed by atoms with Crippen LogP contribution >= 0.6 is 23.2 Å². The fourth-order valence-electron chi connectivity index (χ4n) is 12.4. The Morgan fingerprint density at radius 3 is 1.53 bits per heavy atom. The summed E-state index contributed by atoms with van der Waals surface area (Å²) in [5, 5.41) is 27.8. The lowest BCUT2D eigenvalue weighted by Crippen LogP contribution is -2.49. The molecule has 0 spiro atoms. The maximum Gasteiger partial charge on any atom is 0.407 e. The van der Waals surface area contributed by atoms with E-state index in [-0.39, 0.29) is 62.7 Å². The molecule has 4 aromatic carbocycles. The van der Waals surface area contributed by atoms with Crippen molar-refractivity contribution in [1.82, 2.24) is 70.4 Å². The molecule has 0 bridgehead atoms. The van der Waals surface area contributed by atoms with Gasteiger partial charge in [-0.25, -0.2) is 38.9 Å². The van der Waals surface area contributed by atoms with Crippen LogP contribution in [0, 0.1) is 10.8 Å². The number of alkyl halides is 7. The minimum Gasteiger partial charge on any atom is -0.447 e. The molecule has 2 aliphatic carbocycles. The third-order valence-corrected chi connectivity index (χ3v) is 19.1. The van der Waals surface area contributed by atoms with Gasteiger partial charge in [0.1, 0.15) is 25.4 Å². The molecule has 4 atom stereocenters. The molecule has 6 heterocycles. The SMILES string of the molecule is CC(C)(Cc1nc(-c2cc([C@@H](COC(=O)NC3(C)CC3)N3C(=O)[C@@](CC(C)(C)C(F)(F)F)(c4ccc(-c5cnn(C(F)F)c5)cc4)N=C3N)ccc2Cl)n[nH]1)C[C@]1(c2ccc(-c3cnn(C(F)F)c3)cc2)N=C(N)N([C@H](COC(=O)NC2(C)CC2)c2ccc(Cl)c(-c3ncn[nH]3)c2)C1=O. The quantitative estimate of drug-likeness (QED) is 0.0307. The van der Waals surface area contributed by atoms with Crippen molar-refractivity contribution >= 4 is 59.1 Å².